The van der Waals surface area contributed by atoms with Crippen molar-refractivity contribution in [2.75, 3.05) is 19.7 Å². The third-order valence-electron chi connectivity index (χ3n) is 2.19. The highest BCUT2D eigenvalue weighted by Crippen LogP contribution is 2.34. The van der Waals surface area contributed by atoms with Gasteiger partial charge in [-0.05, 0) is 34.1 Å². The van der Waals surface area contributed by atoms with E-state index in [9.17, 15) is 10.1 Å². The number of nitrogens with one attached hydrogen (secondary N) is 1. The summed E-state index contributed by atoms with van der Waals surface area (Å²) in [6.45, 7) is 7.55. The van der Waals surface area contributed by atoms with Crippen LogP contribution in [0.15, 0.2) is 34.8 Å². The molecule has 0 unspecified atom stereocenters. The summed E-state index contributed by atoms with van der Waals surface area (Å²) in [5.41, 5.74) is 0.780. The van der Waals surface area contributed by atoms with Gasteiger partial charge in [0.1, 0.15) is 6.61 Å². The Morgan fingerprint density at radius 3 is 2.94 bits per heavy atom. The number of hydrogen-bond acceptors (Lipinski definition) is 4. The summed E-state index contributed by atoms with van der Waals surface area (Å²) >= 11 is 3.24. The quantitative estimate of drug-likeness (QED) is 0.477. The first kappa shape index (κ1) is 14.7. The molecule has 0 aromatic heterocycles. The Balaban J connectivity index is 2.72. The van der Waals surface area contributed by atoms with Crippen LogP contribution in [0.25, 0.3) is 0 Å². The highest BCUT2D eigenvalue weighted by molar-refractivity contribution is 9.10. The van der Waals surface area contributed by atoms with E-state index >= 15 is 0 Å². The number of halogens is 1. The Hall–Kier alpha value is -1.40. The van der Waals surface area contributed by atoms with Crippen molar-refractivity contribution in [3.63, 3.8) is 0 Å². The van der Waals surface area contributed by atoms with Crippen LogP contribution in [-0.2, 0) is 0 Å². The van der Waals surface area contributed by atoms with Gasteiger partial charge in [0, 0.05) is 12.6 Å². The second kappa shape index (κ2) is 7.13. The molecule has 98 valence electrons. The first-order valence-corrected chi connectivity index (χ1v) is 6.28. The van der Waals surface area contributed by atoms with E-state index < -0.39 is 4.92 Å². The molecule has 0 aliphatic heterocycles. The molecule has 0 aliphatic rings. The fourth-order valence-electron chi connectivity index (χ4n) is 1.31. The van der Waals surface area contributed by atoms with Crippen LogP contribution in [0.2, 0.25) is 0 Å². The van der Waals surface area contributed by atoms with Crippen LogP contribution < -0.4 is 10.1 Å². The molecule has 0 saturated carbocycles. The van der Waals surface area contributed by atoms with Crippen molar-refractivity contribution < 1.29 is 9.66 Å². The highest BCUT2D eigenvalue weighted by Gasteiger charge is 2.17. The predicted molar refractivity (Wildman–Crippen MR) is 74.0 cm³/mol. The molecule has 0 amide bonds. The SMILES string of the molecule is C=C(CNCC)COc1c(Br)cccc1[N+](=O)[O-]. The van der Waals surface area contributed by atoms with E-state index in [1.54, 1.807) is 12.1 Å². The zero-order valence-electron chi connectivity index (χ0n) is 10.1. The molecule has 0 radical (unpaired) electrons. The van der Waals surface area contributed by atoms with Crippen LogP contribution in [0.1, 0.15) is 6.92 Å². The first-order chi connectivity index (χ1) is 8.56. The van der Waals surface area contributed by atoms with Crippen molar-refractivity contribution in [1.29, 1.82) is 0 Å². The van der Waals surface area contributed by atoms with Gasteiger partial charge in [-0.15, -0.1) is 0 Å². The lowest BCUT2D eigenvalue weighted by Crippen LogP contribution is -2.19. The zero-order chi connectivity index (χ0) is 13.5. The third kappa shape index (κ3) is 4.12. The number of rotatable bonds is 7. The summed E-state index contributed by atoms with van der Waals surface area (Å²) in [7, 11) is 0. The Bertz CT molecular complexity index is 449. The highest BCUT2D eigenvalue weighted by atomic mass is 79.9. The van der Waals surface area contributed by atoms with E-state index in [1.165, 1.54) is 6.07 Å². The van der Waals surface area contributed by atoms with Crippen LogP contribution in [0.4, 0.5) is 5.69 Å². The average molecular weight is 315 g/mol. The molecule has 18 heavy (non-hydrogen) atoms. The normalized spacial score (nSPS) is 10.1. The smallest absolute Gasteiger partial charge is 0.312 e. The molecule has 0 bridgehead atoms. The van der Waals surface area contributed by atoms with Gasteiger partial charge in [-0.3, -0.25) is 10.1 Å². The van der Waals surface area contributed by atoms with E-state index in [2.05, 4.69) is 27.8 Å². The molecule has 0 atom stereocenters. The molecule has 1 N–H and O–H groups in total. The van der Waals surface area contributed by atoms with Gasteiger partial charge in [0.2, 0.25) is 5.75 Å². The van der Waals surface area contributed by atoms with Gasteiger partial charge >= 0.3 is 5.69 Å². The van der Waals surface area contributed by atoms with Gasteiger partial charge in [0.15, 0.2) is 0 Å². The summed E-state index contributed by atoms with van der Waals surface area (Å²) in [6, 6.07) is 4.71. The number of nitro benzene ring substituents is 1. The Labute approximate surface area is 114 Å². The molecule has 0 heterocycles. The maximum Gasteiger partial charge on any atom is 0.312 e. The van der Waals surface area contributed by atoms with Gasteiger partial charge in [0.25, 0.3) is 0 Å². The number of ether oxygens (including phenoxy) is 1. The van der Waals surface area contributed by atoms with E-state index in [0.717, 1.165) is 12.1 Å². The lowest BCUT2D eigenvalue weighted by Gasteiger charge is -2.10. The predicted octanol–water partition coefficient (Wildman–Crippen LogP) is 2.90. The largest absolute Gasteiger partial charge is 0.481 e. The molecular formula is C12H15BrN2O3. The lowest BCUT2D eigenvalue weighted by molar-refractivity contribution is -0.385. The molecule has 6 heteroatoms. The van der Waals surface area contributed by atoms with Gasteiger partial charge in [-0.2, -0.15) is 0 Å². The molecule has 0 saturated heterocycles. The van der Waals surface area contributed by atoms with Crippen LogP contribution >= 0.6 is 15.9 Å². The van der Waals surface area contributed by atoms with E-state index in [0.29, 0.717) is 11.0 Å². The van der Waals surface area contributed by atoms with Crippen molar-refractivity contribution in [1.82, 2.24) is 5.32 Å². The summed E-state index contributed by atoms with van der Waals surface area (Å²) < 4.78 is 6.02. The lowest BCUT2D eigenvalue weighted by atomic mass is 10.3. The fraction of sp³-hybridized carbons (Fsp3) is 0.333. The molecule has 0 spiro atoms. The number of nitrogens with zero attached hydrogens (tertiary/aromatic N) is 1. The first-order valence-electron chi connectivity index (χ1n) is 5.49. The van der Waals surface area contributed by atoms with E-state index in [1.807, 2.05) is 6.92 Å². The number of nitro groups is 1. The molecule has 0 aliphatic carbocycles. The van der Waals surface area contributed by atoms with Crippen molar-refractivity contribution in [3.05, 3.63) is 44.9 Å². The van der Waals surface area contributed by atoms with Crippen LogP contribution in [0.3, 0.4) is 0 Å². The van der Waals surface area contributed by atoms with Crippen molar-refractivity contribution >= 4 is 21.6 Å². The van der Waals surface area contributed by atoms with Crippen LogP contribution in [0.5, 0.6) is 5.75 Å². The van der Waals surface area contributed by atoms with Crippen molar-refractivity contribution in [2.24, 2.45) is 0 Å². The van der Waals surface area contributed by atoms with Gasteiger partial charge < -0.3 is 10.1 Å². The Morgan fingerprint density at radius 2 is 2.33 bits per heavy atom. The van der Waals surface area contributed by atoms with Crippen molar-refractivity contribution in [3.8, 4) is 5.75 Å². The summed E-state index contributed by atoms with van der Waals surface area (Å²) in [5.74, 6) is 0.236. The zero-order valence-corrected chi connectivity index (χ0v) is 11.7. The molecule has 1 aromatic carbocycles. The Kier molecular flexibility index (Phi) is 5.80. The van der Waals surface area contributed by atoms with Crippen LogP contribution in [0, 0.1) is 10.1 Å². The van der Waals surface area contributed by atoms with E-state index in [-0.39, 0.29) is 18.0 Å². The number of likely N-dealkylation sites (N-methyl/N-ethyl adjacent to an activating group) is 1. The van der Waals surface area contributed by atoms with Gasteiger partial charge in [0.05, 0.1) is 9.40 Å². The average Bonchev–Trinajstić information content (AvgIpc) is 2.34. The second-order valence-electron chi connectivity index (χ2n) is 3.66. The topological polar surface area (TPSA) is 64.4 Å². The van der Waals surface area contributed by atoms with E-state index in [4.69, 9.17) is 4.74 Å². The van der Waals surface area contributed by atoms with Gasteiger partial charge in [-0.1, -0.05) is 19.6 Å². The maximum atomic E-state index is 10.9. The minimum absolute atomic E-state index is 0.0550. The van der Waals surface area contributed by atoms with Crippen molar-refractivity contribution in [2.45, 2.75) is 6.92 Å². The monoisotopic (exact) mass is 314 g/mol. The van der Waals surface area contributed by atoms with Crippen LogP contribution in [-0.4, -0.2) is 24.6 Å². The minimum Gasteiger partial charge on any atom is -0.481 e. The minimum atomic E-state index is -0.465. The third-order valence-corrected chi connectivity index (χ3v) is 2.81. The second-order valence-corrected chi connectivity index (χ2v) is 4.52. The standard InChI is InChI=1S/C12H15BrN2O3/c1-3-14-7-9(2)8-18-12-10(13)5-4-6-11(12)15(16)17/h4-6,14H,2-3,7-8H2,1H3. The number of hydrogen-bond donors (Lipinski definition) is 1. The molecule has 1 rings (SSSR count). The molecule has 1 aromatic rings. The number of benzene rings is 1. The Morgan fingerprint density at radius 1 is 1.61 bits per heavy atom. The molecule has 0 fully saturated rings. The summed E-state index contributed by atoms with van der Waals surface area (Å²) in [6.07, 6.45) is 0. The molecular weight excluding hydrogens is 300 g/mol. The molecule has 5 nitrogen and oxygen atoms in total. The maximum absolute atomic E-state index is 10.9. The fourth-order valence-corrected chi connectivity index (χ4v) is 1.78. The van der Waals surface area contributed by atoms with Gasteiger partial charge in [-0.25, -0.2) is 0 Å². The summed E-state index contributed by atoms with van der Waals surface area (Å²) in [5, 5.41) is 14.0. The summed E-state index contributed by atoms with van der Waals surface area (Å²) in [4.78, 5) is 10.4. The number of para-hydroxylation sites is 1.